The summed E-state index contributed by atoms with van der Waals surface area (Å²) in [7, 11) is 0. The summed E-state index contributed by atoms with van der Waals surface area (Å²) in [5, 5.41) is 9.11. The van der Waals surface area contributed by atoms with Gasteiger partial charge in [-0.2, -0.15) is 0 Å². The van der Waals surface area contributed by atoms with Gasteiger partial charge in [-0.15, -0.1) is 0 Å². The Bertz CT molecular complexity index is 285. The highest BCUT2D eigenvalue weighted by Crippen LogP contribution is 2.11. The third-order valence-electron chi connectivity index (χ3n) is 2.43. The number of phenolic OH excluding ortho intramolecular Hbond substituents is 1. The van der Waals surface area contributed by atoms with E-state index in [1.54, 1.807) is 12.1 Å². The lowest BCUT2D eigenvalue weighted by Crippen LogP contribution is -1.81. The third-order valence-corrected chi connectivity index (χ3v) is 2.43. The Balaban J connectivity index is 2.20. The molecule has 0 atom stereocenters. The monoisotopic (exact) mass is 204 g/mol. The highest BCUT2D eigenvalue weighted by Gasteiger charge is 1.91. The van der Waals surface area contributed by atoms with Crippen molar-refractivity contribution >= 4 is 0 Å². The number of benzene rings is 1. The Hall–Kier alpha value is -1.24. The van der Waals surface area contributed by atoms with E-state index in [2.05, 4.69) is 19.1 Å². The average Bonchev–Trinajstić information content (AvgIpc) is 2.26. The van der Waals surface area contributed by atoms with Gasteiger partial charge in [-0.1, -0.05) is 44.1 Å². The molecule has 0 aromatic heterocycles. The van der Waals surface area contributed by atoms with E-state index in [1.165, 1.54) is 24.8 Å². The van der Waals surface area contributed by atoms with E-state index < -0.39 is 0 Å². The van der Waals surface area contributed by atoms with Crippen molar-refractivity contribution in [1.29, 1.82) is 0 Å². The second-order valence-corrected chi connectivity index (χ2v) is 3.82. The molecule has 0 saturated heterocycles. The van der Waals surface area contributed by atoms with Crippen LogP contribution < -0.4 is 0 Å². The van der Waals surface area contributed by atoms with Gasteiger partial charge in [0, 0.05) is 0 Å². The summed E-state index contributed by atoms with van der Waals surface area (Å²) < 4.78 is 0. The van der Waals surface area contributed by atoms with E-state index in [9.17, 15) is 0 Å². The number of aromatic hydroxyl groups is 1. The van der Waals surface area contributed by atoms with Crippen LogP contribution in [0.2, 0.25) is 0 Å². The number of allylic oxidation sites excluding steroid dienone is 2. The average molecular weight is 204 g/mol. The fourth-order valence-corrected chi connectivity index (χ4v) is 1.47. The van der Waals surface area contributed by atoms with Crippen LogP contribution >= 0.6 is 0 Å². The first-order valence-electron chi connectivity index (χ1n) is 5.76. The summed E-state index contributed by atoms with van der Waals surface area (Å²) in [6.45, 7) is 2.21. The van der Waals surface area contributed by atoms with Crippen LogP contribution in [0, 0.1) is 0 Å². The van der Waals surface area contributed by atoms with Crippen LogP contribution in [0.1, 0.15) is 38.2 Å². The Kier molecular flexibility index (Phi) is 5.60. The number of unbranched alkanes of at least 4 members (excludes halogenated alkanes) is 2. The van der Waals surface area contributed by atoms with Crippen molar-refractivity contribution in [2.45, 2.75) is 39.0 Å². The third kappa shape index (κ3) is 5.26. The van der Waals surface area contributed by atoms with Crippen molar-refractivity contribution in [3.05, 3.63) is 42.0 Å². The van der Waals surface area contributed by atoms with E-state index in [0.29, 0.717) is 5.75 Å². The minimum absolute atomic E-state index is 0.345. The van der Waals surface area contributed by atoms with Gasteiger partial charge in [0.25, 0.3) is 0 Å². The van der Waals surface area contributed by atoms with Crippen LogP contribution in [0.5, 0.6) is 5.75 Å². The summed E-state index contributed by atoms with van der Waals surface area (Å²) in [6, 6.07) is 7.46. The molecule has 0 bridgehead atoms. The van der Waals surface area contributed by atoms with Crippen LogP contribution in [0.25, 0.3) is 0 Å². The summed E-state index contributed by atoms with van der Waals surface area (Å²) in [6.07, 6.45) is 10.4. The van der Waals surface area contributed by atoms with Gasteiger partial charge in [-0.25, -0.2) is 0 Å². The molecule has 1 N–H and O–H groups in total. The molecule has 0 aliphatic carbocycles. The first-order chi connectivity index (χ1) is 7.33. The molecule has 1 heteroatoms. The molecule has 0 radical (unpaired) electrons. The van der Waals surface area contributed by atoms with E-state index in [0.717, 1.165) is 12.8 Å². The molecule has 0 amide bonds. The summed E-state index contributed by atoms with van der Waals surface area (Å²) >= 11 is 0. The van der Waals surface area contributed by atoms with Gasteiger partial charge in [0.15, 0.2) is 0 Å². The summed E-state index contributed by atoms with van der Waals surface area (Å²) in [5.74, 6) is 0.345. The van der Waals surface area contributed by atoms with Crippen molar-refractivity contribution in [2.75, 3.05) is 0 Å². The fraction of sp³-hybridized carbons (Fsp3) is 0.429. The molecule has 82 valence electrons. The quantitative estimate of drug-likeness (QED) is 0.547. The highest BCUT2D eigenvalue weighted by molar-refractivity contribution is 5.26. The molecule has 15 heavy (non-hydrogen) atoms. The maximum atomic E-state index is 9.11. The molecule has 1 rings (SSSR count). The van der Waals surface area contributed by atoms with Gasteiger partial charge < -0.3 is 5.11 Å². The number of hydrogen-bond donors (Lipinski definition) is 1. The number of phenols is 1. The van der Waals surface area contributed by atoms with Gasteiger partial charge in [0.05, 0.1) is 0 Å². The van der Waals surface area contributed by atoms with Crippen LogP contribution in [0.3, 0.4) is 0 Å². The zero-order valence-electron chi connectivity index (χ0n) is 9.45. The first-order valence-corrected chi connectivity index (χ1v) is 5.76. The minimum atomic E-state index is 0.345. The van der Waals surface area contributed by atoms with Crippen LogP contribution in [-0.4, -0.2) is 5.11 Å². The van der Waals surface area contributed by atoms with Gasteiger partial charge in [-0.3, -0.25) is 0 Å². The Labute approximate surface area is 92.5 Å². The Morgan fingerprint density at radius 1 is 1.07 bits per heavy atom. The highest BCUT2D eigenvalue weighted by atomic mass is 16.3. The Morgan fingerprint density at radius 2 is 1.73 bits per heavy atom. The van der Waals surface area contributed by atoms with Crippen molar-refractivity contribution in [3.63, 3.8) is 0 Å². The SMILES string of the molecule is CCCCC=CCCc1ccc(O)cc1. The normalized spacial score (nSPS) is 11.0. The number of aryl methyl sites for hydroxylation is 1. The van der Waals surface area contributed by atoms with Crippen molar-refractivity contribution in [3.8, 4) is 5.75 Å². The van der Waals surface area contributed by atoms with E-state index in [-0.39, 0.29) is 0 Å². The number of rotatable bonds is 6. The molecule has 0 fully saturated rings. The second kappa shape index (κ2) is 7.10. The van der Waals surface area contributed by atoms with E-state index in [4.69, 9.17) is 5.11 Å². The second-order valence-electron chi connectivity index (χ2n) is 3.82. The predicted octanol–water partition coefficient (Wildman–Crippen LogP) is 4.07. The molecular weight excluding hydrogens is 184 g/mol. The maximum absolute atomic E-state index is 9.11. The van der Waals surface area contributed by atoms with Gasteiger partial charge >= 0.3 is 0 Å². The molecular formula is C14H20O. The van der Waals surface area contributed by atoms with Crippen LogP contribution in [0.4, 0.5) is 0 Å². The Morgan fingerprint density at radius 3 is 2.40 bits per heavy atom. The largest absolute Gasteiger partial charge is 0.508 e. The van der Waals surface area contributed by atoms with Crippen molar-refractivity contribution < 1.29 is 5.11 Å². The van der Waals surface area contributed by atoms with Crippen molar-refractivity contribution in [2.24, 2.45) is 0 Å². The lowest BCUT2D eigenvalue weighted by Gasteiger charge is -1.98. The molecule has 0 heterocycles. The standard InChI is InChI=1S/C14H20O/c1-2-3-4-5-6-7-8-13-9-11-14(15)12-10-13/h5-6,9-12,15H,2-4,7-8H2,1H3. The molecule has 0 aliphatic rings. The lowest BCUT2D eigenvalue weighted by atomic mass is 10.1. The molecule has 0 aliphatic heterocycles. The zero-order valence-corrected chi connectivity index (χ0v) is 9.45. The minimum Gasteiger partial charge on any atom is -0.508 e. The predicted molar refractivity (Wildman–Crippen MR) is 65.1 cm³/mol. The molecule has 0 spiro atoms. The molecule has 1 nitrogen and oxygen atoms in total. The van der Waals surface area contributed by atoms with E-state index in [1.807, 2.05) is 12.1 Å². The van der Waals surface area contributed by atoms with Crippen molar-refractivity contribution in [1.82, 2.24) is 0 Å². The lowest BCUT2D eigenvalue weighted by molar-refractivity contribution is 0.475. The molecule has 1 aromatic rings. The summed E-state index contributed by atoms with van der Waals surface area (Å²) in [5.41, 5.74) is 1.29. The van der Waals surface area contributed by atoms with E-state index >= 15 is 0 Å². The van der Waals surface area contributed by atoms with Crippen LogP contribution in [0.15, 0.2) is 36.4 Å². The van der Waals surface area contributed by atoms with Gasteiger partial charge in [0.1, 0.15) is 5.75 Å². The number of hydrogen-bond acceptors (Lipinski definition) is 1. The fourth-order valence-electron chi connectivity index (χ4n) is 1.47. The van der Waals surface area contributed by atoms with Crippen LogP contribution in [-0.2, 0) is 6.42 Å². The topological polar surface area (TPSA) is 20.2 Å². The van der Waals surface area contributed by atoms with Gasteiger partial charge in [0.2, 0.25) is 0 Å². The smallest absolute Gasteiger partial charge is 0.115 e. The molecule has 0 unspecified atom stereocenters. The maximum Gasteiger partial charge on any atom is 0.115 e. The summed E-state index contributed by atoms with van der Waals surface area (Å²) in [4.78, 5) is 0. The first kappa shape index (κ1) is 11.8. The zero-order chi connectivity index (χ0) is 10.9. The molecule has 1 aromatic carbocycles. The van der Waals surface area contributed by atoms with Gasteiger partial charge in [-0.05, 0) is 37.0 Å². The molecule has 0 saturated carbocycles.